The number of benzene rings is 1. The van der Waals surface area contributed by atoms with Gasteiger partial charge < -0.3 is 9.72 Å². The maximum atomic E-state index is 13.4. The molecule has 2 aliphatic rings. The summed E-state index contributed by atoms with van der Waals surface area (Å²) in [4.78, 5) is 18.8. The third kappa shape index (κ3) is 4.03. The van der Waals surface area contributed by atoms with Gasteiger partial charge in [0.05, 0.1) is 18.7 Å². The van der Waals surface area contributed by atoms with Crippen LogP contribution < -0.4 is 10.3 Å². The van der Waals surface area contributed by atoms with Crippen LogP contribution in [0.1, 0.15) is 75.3 Å². The highest BCUT2D eigenvalue weighted by atomic mass is 16.5. The molecule has 2 aromatic heterocycles. The van der Waals surface area contributed by atoms with Crippen molar-refractivity contribution in [2.45, 2.75) is 64.0 Å². The molecule has 32 heavy (non-hydrogen) atoms. The number of aromatic nitrogens is 5. The molecular weight excluding hydrogens is 404 g/mol. The Morgan fingerprint density at radius 3 is 2.62 bits per heavy atom. The number of ether oxygens (including phenoxy) is 1. The van der Waals surface area contributed by atoms with Gasteiger partial charge >= 0.3 is 0 Å². The Bertz CT molecular complexity index is 1120. The number of nitrogens with zero attached hydrogens (tertiary/aromatic N) is 5. The van der Waals surface area contributed by atoms with E-state index in [4.69, 9.17) is 4.74 Å². The highest BCUT2D eigenvalue weighted by Crippen LogP contribution is 2.35. The molecule has 8 heteroatoms. The summed E-state index contributed by atoms with van der Waals surface area (Å²) in [6.07, 6.45) is 8.09. The lowest BCUT2D eigenvalue weighted by molar-refractivity contribution is 0.146. The van der Waals surface area contributed by atoms with E-state index < -0.39 is 0 Å². The van der Waals surface area contributed by atoms with E-state index in [1.165, 1.54) is 19.3 Å². The van der Waals surface area contributed by atoms with Crippen LogP contribution in [0.4, 0.5) is 0 Å². The number of pyridine rings is 1. The van der Waals surface area contributed by atoms with E-state index in [1.54, 1.807) is 7.11 Å². The van der Waals surface area contributed by atoms with Gasteiger partial charge in [-0.2, -0.15) is 0 Å². The van der Waals surface area contributed by atoms with Crippen LogP contribution in [-0.4, -0.2) is 50.3 Å². The third-order valence-corrected chi connectivity index (χ3v) is 7.24. The van der Waals surface area contributed by atoms with Gasteiger partial charge in [0, 0.05) is 11.6 Å². The van der Waals surface area contributed by atoms with E-state index in [0.29, 0.717) is 17.5 Å². The van der Waals surface area contributed by atoms with Crippen molar-refractivity contribution >= 4 is 10.9 Å². The number of tetrazole rings is 1. The monoisotopic (exact) mass is 436 g/mol. The molecular formula is C24H32N6O2. The summed E-state index contributed by atoms with van der Waals surface area (Å²) in [6, 6.07) is 7.85. The molecule has 1 saturated heterocycles. The molecule has 5 rings (SSSR count). The Morgan fingerprint density at radius 1 is 1.09 bits per heavy atom. The number of hydrogen-bond acceptors (Lipinski definition) is 6. The van der Waals surface area contributed by atoms with Crippen molar-refractivity contribution < 1.29 is 4.74 Å². The summed E-state index contributed by atoms with van der Waals surface area (Å²) in [5.41, 5.74) is 1.40. The van der Waals surface area contributed by atoms with E-state index in [1.807, 2.05) is 28.9 Å². The molecule has 2 fully saturated rings. The lowest BCUT2D eigenvalue weighted by Crippen LogP contribution is -2.40. The first kappa shape index (κ1) is 21.1. The van der Waals surface area contributed by atoms with Gasteiger partial charge in [0.1, 0.15) is 11.8 Å². The van der Waals surface area contributed by atoms with E-state index in [9.17, 15) is 4.79 Å². The Kier molecular flexibility index (Phi) is 5.95. The van der Waals surface area contributed by atoms with Crippen LogP contribution in [0.15, 0.2) is 29.1 Å². The summed E-state index contributed by atoms with van der Waals surface area (Å²) >= 11 is 0. The molecule has 0 amide bonds. The van der Waals surface area contributed by atoms with Crippen LogP contribution in [0, 0.1) is 5.92 Å². The minimum atomic E-state index is -0.255. The van der Waals surface area contributed by atoms with Crippen LogP contribution >= 0.6 is 0 Å². The number of rotatable bonds is 5. The number of nitrogens with one attached hydrogen (secondary N) is 1. The van der Waals surface area contributed by atoms with Crippen molar-refractivity contribution in [3.8, 4) is 5.75 Å². The zero-order chi connectivity index (χ0) is 22.1. The zero-order valence-corrected chi connectivity index (χ0v) is 19.0. The SMILES string of the molecule is COc1ccc2cc([C@@H](c3nnnn3C3CCCCC3)N3CCC(C)CC3)c(=O)[nH]c2c1. The topological polar surface area (TPSA) is 88.9 Å². The number of methoxy groups -OCH3 is 1. The lowest BCUT2D eigenvalue weighted by atomic mass is 9.93. The average Bonchev–Trinajstić information content (AvgIpc) is 3.30. The molecule has 0 radical (unpaired) electrons. The molecule has 0 spiro atoms. The van der Waals surface area contributed by atoms with Gasteiger partial charge in [-0.25, -0.2) is 4.68 Å². The number of aromatic amines is 1. The van der Waals surface area contributed by atoms with Crippen LogP contribution in [-0.2, 0) is 0 Å². The van der Waals surface area contributed by atoms with Gasteiger partial charge in [-0.15, -0.1) is 5.10 Å². The van der Waals surface area contributed by atoms with Gasteiger partial charge in [0.25, 0.3) is 5.56 Å². The number of piperidine rings is 1. The third-order valence-electron chi connectivity index (χ3n) is 7.24. The molecule has 170 valence electrons. The van der Waals surface area contributed by atoms with Crippen molar-refractivity contribution in [2.24, 2.45) is 5.92 Å². The molecule has 1 aliphatic carbocycles. The summed E-state index contributed by atoms with van der Waals surface area (Å²) < 4.78 is 7.34. The first-order valence-corrected chi connectivity index (χ1v) is 11.9. The normalized spacial score (nSPS) is 19.9. The Morgan fingerprint density at radius 2 is 1.88 bits per heavy atom. The maximum absolute atomic E-state index is 13.4. The molecule has 1 aliphatic heterocycles. The van der Waals surface area contributed by atoms with Crippen molar-refractivity contribution in [3.05, 3.63) is 46.0 Å². The fourth-order valence-electron chi connectivity index (χ4n) is 5.28. The smallest absolute Gasteiger partial charge is 0.253 e. The maximum Gasteiger partial charge on any atom is 0.253 e. The lowest BCUT2D eigenvalue weighted by Gasteiger charge is -2.36. The van der Waals surface area contributed by atoms with Gasteiger partial charge in [0.15, 0.2) is 5.82 Å². The second-order valence-corrected chi connectivity index (χ2v) is 9.40. The van der Waals surface area contributed by atoms with Crippen LogP contribution in [0.25, 0.3) is 10.9 Å². The van der Waals surface area contributed by atoms with Crippen LogP contribution in [0.2, 0.25) is 0 Å². The standard InChI is InChI=1S/C24H32N6O2/c1-16-10-12-29(13-11-16)22(23-26-27-28-30(23)18-6-4-3-5-7-18)20-14-17-8-9-19(32-2)15-21(17)25-24(20)31/h8-9,14-16,18,22H,3-7,10-13H2,1-2H3,(H,25,31)/t22-/m0/s1. The quantitative estimate of drug-likeness (QED) is 0.654. The highest BCUT2D eigenvalue weighted by Gasteiger charge is 2.34. The molecule has 0 unspecified atom stereocenters. The fourth-order valence-corrected chi connectivity index (χ4v) is 5.28. The first-order valence-electron chi connectivity index (χ1n) is 11.9. The number of likely N-dealkylation sites (tertiary alicyclic amines) is 1. The number of fused-ring (bicyclic) bond motifs is 1. The van der Waals surface area contributed by atoms with Gasteiger partial charge in [-0.1, -0.05) is 26.2 Å². The molecule has 8 nitrogen and oxygen atoms in total. The summed E-state index contributed by atoms with van der Waals surface area (Å²) in [6.45, 7) is 4.17. The first-order chi connectivity index (χ1) is 15.6. The number of hydrogen-bond donors (Lipinski definition) is 1. The van der Waals surface area contributed by atoms with E-state index in [0.717, 1.165) is 61.2 Å². The van der Waals surface area contributed by atoms with Crippen molar-refractivity contribution in [1.29, 1.82) is 0 Å². The van der Waals surface area contributed by atoms with Gasteiger partial charge in [-0.05, 0) is 78.7 Å². The molecule has 3 aromatic rings. The van der Waals surface area contributed by atoms with Gasteiger partial charge in [0.2, 0.25) is 0 Å². The molecule has 3 heterocycles. The Labute approximate surface area is 188 Å². The molecule has 1 aromatic carbocycles. The van der Waals surface area contributed by atoms with E-state index >= 15 is 0 Å². The average molecular weight is 437 g/mol. The predicted molar refractivity (Wildman–Crippen MR) is 123 cm³/mol. The second-order valence-electron chi connectivity index (χ2n) is 9.40. The molecule has 0 bridgehead atoms. The Balaban J connectivity index is 1.61. The minimum absolute atomic E-state index is 0.0902. The van der Waals surface area contributed by atoms with Gasteiger partial charge in [-0.3, -0.25) is 9.69 Å². The van der Waals surface area contributed by atoms with Crippen molar-refractivity contribution in [3.63, 3.8) is 0 Å². The molecule has 1 atom stereocenters. The second kappa shape index (κ2) is 9.02. The van der Waals surface area contributed by atoms with Crippen molar-refractivity contribution in [2.75, 3.05) is 20.2 Å². The summed E-state index contributed by atoms with van der Waals surface area (Å²) in [5.74, 6) is 2.22. The minimum Gasteiger partial charge on any atom is -0.497 e. The van der Waals surface area contributed by atoms with E-state index in [2.05, 4.69) is 32.3 Å². The van der Waals surface area contributed by atoms with E-state index in [-0.39, 0.29) is 11.6 Å². The fraction of sp³-hybridized carbons (Fsp3) is 0.583. The summed E-state index contributed by atoms with van der Waals surface area (Å²) in [7, 11) is 1.63. The summed E-state index contributed by atoms with van der Waals surface area (Å²) in [5, 5.41) is 14.0. The zero-order valence-electron chi connectivity index (χ0n) is 19.0. The van der Waals surface area contributed by atoms with Crippen LogP contribution in [0.5, 0.6) is 5.75 Å². The number of H-pyrrole nitrogens is 1. The highest BCUT2D eigenvalue weighted by molar-refractivity contribution is 5.80. The molecule has 1 saturated carbocycles. The Hall–Kier alpha value is -2.74. The largest absolute Gasteiger partial charge is 0.497 e. The van der Waals surface area contributed by atoms with Crippen molar-refractivity contribution in [1.82, 2.24) is 30.1 Å². The van der Waals surface area contributed by atoms with Crippen LogP contribution in [0.3, 0.4) is 0 Å². The molecule has 1 N–H and O–H groups in total. The predicted octanol–water partition coefficient (Wildman–Crippen LogP) is 3.85.